The van der Waals surface area contributed by atoms with Gasteiger partial charge in [0.1, 0.15) is 23.7 Å². The number of nitrogens with zero attached hydrogens (tertiary/aromatic N) is 4. The Labute approximate surface area is 234 Å². The fourth-order valence-corrected chi connectivity index (χ4v) is 5.10. The zero-order valence-corrected chi connectivity index (χ0v) is 23.5. The van der Waals surface area contributed by atoms with Crippen LogP contribution in [0, 0.1) is 0 Å². The molecule has 2 N–H and O–H groups in total. The van der Waals surface area contributed by atoms with Crippen molar-refractivity contribution in [2.75, 3.05) is 36.5 Å². The minimum absolute atomic E-state index is 0.136. The SMILES string of the molecule is C=C1OCCN(C(=O)NCCC)/C1=C/C(=C\C)Nc1ncc2c(n1)C(C)(C)Oc1cc(N3CCCC3=O)ccc1-2. The van der Waals surface area contributed by atoms with Crippen LogP contribution in [0.5, 0.6) is 5.75 Å². The van der Waals surface area contributed by atoms with Crippen LogP contribution in [0.25, 0.3) is 11.1 Å². The van der Waals surface area contributed by atoms with Crippen LogP contribution in [0.2, 0.25) is 0 Å². The van der Waals surface area contributed by atoms with E-state index in [-0.39, 0.29) is 11.9 Å². The monoisotopic (exact) mass is 544 g/mol. The summed E-state index contributed by atoms with van der Waals surface area (Å²) in [5.41, 5.74) is 3.88. The van der Waals surface area contributed by atoms with E-state index >= 15 is 0 Å². The topological polar surface area (TPSA) is 109 Å². The van der Waals surface area contributed by atoms with Crippen molar-refractivity contribution < 1.29 is 19.1 Å². The van der Waals surface area contributed by atoms with Gasteiger partial charge in [0.05, 0.1) is 17.9 Å². The number of anilines is 2. The maximum atomic E-state index is 12.8. The molecule has 0 spiro atoms. The molecule has 2 fully saturated rings. The lowest BCUT2D eigenvalue weighted by Gasteiger charge is -2.34. The fraction of sp³-hybridized carbons (Fsp3) is 0.400. The molecule has 0 radical (unpaired) electrons. The first-order valence-electron chi connectivity index (χ1n) is 13.8. The molecule has 0 saturated carbocycles. The summed E-state index contributed by atoms with van der Waals surface area (Å²) in [7, 11) is 0. The highest BCUT2D eigenvalue weighted by molar-refractivity contribution is 5.96. The Bertz CT molecular complexity index is 1410. The summed E-state index contributed by atoms with van der Waals surface area (Å²) in [6.45, 7) is 13.9. The largest absolute Gasteiger partial charge is 0.490 e. The predicted molar refractivity (Wildman–Crippen MR) is 154 cm³/mol. The van der Waals surface area contributed by atoms with Gasteiger partial charge in [0.2, 0.25) is 11.9 Å². The van der Waals surface area contributed by atoms with Crippen molar-refractivity contribution in [3.05, 3.63) is 66.0 Å². The molecule has 2 saturated heterocycles. The molecule has 5 rings (SSSR count). The lowest BCUT2D eigenvalue weighted by Crippen LogP contribution is -2.44. The Hall–Kier alpha value is -4.34. The number of hydrogen-bond acceptors (Lipinski definition) is 7. The minimum Gasteiger partial charge on any atom is -0.490 e. The van der Waals surface area contributed by atoms with Crippen LogP contribution in [-0.4, -0.2) is 53.0 Å². The van der Waals surface area contributed by atoms with Crippen molar-refractivity contribution in [2.45, 2.75) is 52.6 Å². The summed E-state index contributed by atoms with van der Waals surface area (Å²) in [4.78, 5) is 37.9. The van der Waals surface area contributed by atoms with Crippen LogP contribution in [-0.2, 0) is 15.1 Å². The summed E-state index contributed by atoms with van der Waals surface area (Å²) in [5.74, 6) is 1.66. The van der Waals surface area contributed by atoms with Gasteiger partial charge in [-0.1, -0.05) is 19.6 Å². The number of carbonyl (C=O) groups excluding carboxylic acids is 2. The molecule has 10 heteroatoms. The van der Waals surface area contributed by atoms with Crippen LogP contribution in [0.3, 0.4) is 0 Å². The van der Waals surface area contributed by atoms with Gasteiger partial charge in [-0.3, -0.25) is 9.69 Å². The molecule has 3 amide bonds. The summed E-state index contributed by atoms with van der Waals surface area (Å²) in [6, 6.07) is 5.66. The number of carbonyl (C=O) groups is 2. The second kappa shape index (κ2) is 11.0. The van der Waals surface area contributed by atoms with E-state index in [1.807, 2.05) is 62.9 Å². The van der Waals surface area contributed by atoms with Gasteiger partial charge < -0.3 is 25.0 Å². The van der Waals surface area contributed by atoms with E-state index in [4.69, 9.17) is 14.5 Å². The molecule has 40 heavy (non-hydrogen) atoms. The van der Waals surface area contributed by atoms with Gasteiger partial charge >= 0.3 is 6.03 Å². The number of rotatable bonds is 6. The highest BCUT2D eigenvalue weighted by Crippen LogP contribution is 2.46. The number of morpholine rings is 1. The van der Waals surface area contributed by atoms with E-state index in [1.54, 1.807) is 11.1 Å². The molecule has 210 valence electrons. The molecule has 3 aliphatic heterocycles. The Morgan fingerprint density at radius 3 is 2.80 bits per heavy atom. The smallest absolute Gasteiger partial charge is 0.322 e. The minimum atomic E-state index is -0.733. The average molecular weight is 545 g/mol. The highest BCUT2D eigenvalue weighted by atomic mass is 16.5. The molecule has 1 aromatic carbocycles. The van der Waals surface area contributed by atoms with E-state index in [0.717, 1.165) is 41.9 Å². The van der Waals surface area contributed by atoms with Gasteiger partial charge in [-0.15, -0.1) is 0 Å². The Morgan fingerprint density at radius 2 is 2.08 bits per heavy atom. The Morgan fingerprint density at radius 1 is 1.25 bits per heavy atom. The van der Waals surface area contributed by atoms with Gasteiger partial charge in [-0.2, -0.15) is 0 Å². The first kappa shape index (κ1) is 27.2. The summed E-state index contributed by atoms with van der Waals surface area (Å²) in [5, 5.41) is 6.19. The second-order valence-electron chi connectivity index (χ2n) is 10.5. The number of nitrogens with one attached hydrogen (secondary N) is 2. The first-order chi connectivity index (χ1) is 19.2. The lowest BCUT2D eigenvalue weighted by atomic mass is 9.91. The molecular weight excluding hydrogens is 508 g/mol. The number of fused-ring (bicyclic) bond motifs is 3. The molecule has 10 nitrogen and oxygen atoms in total. The normalized spacial score (nSPS) is 19.1. The van der Waals surface area contributed by atoms with Crippen LogP contribution >= 0.6 is 0 Å². The van der Waals surface area contributed by atoms with Crippen molar-refractivity contribution in [1.82, 2.24) is 20.2 Å². The number of hydrogen-bond donors (Lipinski definition) is 2. The van der Waals surface area contributed by atoms with Gasteiger partial charge in [-0.25, -0.2) is 14.8 Å². The van der Waals surface area contributed by atoms with Crippen LogP contribution in [0.1, 0.15) is 52.7 Å². The van der Waals surface area contributed by atoms with Gasteiger partial charge in [-0.05, 0) is 51.8 Å². The zero-order chi connectivity index (χ0) is 28.4. The third-order valence-corrected chi connectivity index (χ3v) is 7.16. The van der Waals surface area contributed by atoms with Crippen molar-refractivity contribution in [1.29, 1.82) is 0 Å². The molecule has 0 unspecified atom stereocenters. The standard InChI is InChI=1S/C30H36N6O4/c1-6-12-31-29(38)36-14-15-39-19(3)24(36)16-20(7-2)33-28-32-18-23-22-11-10-21(35-13-8-9-26(35)37)17-25(22)40-30(4,5)27(23)34-28/h7,10-11,16-18H,3,6,8-9,12-15H2,1-2,4-5H3,(H,31,38)(H,32,33,34)/b20-7+,24-16+. The third kappa shape index (κ3) is 5.25. The number of benzene rings is 1. The lowest BCUT2D eigenvalue weighted by molar-refractivity contribution is -0.117. The van der Waals surface area contributed by atoms with Gasteiger partial charge in [0.25, 0.3) is 0 Å². The van der Waals surface area contributed by atoms with Gasteiger partial charge in [0.15, 0.2) is 0 Å². The summed E-state index contributed by atoms with van der Waals surface area (Å²) < 4.78 is 12.1. The van der Waals surface area contributed by atoms with E-state index < -0.39 is 5.60 Å². The summed E-state index contributed by atoms with van der Waals surface area (Å²) >= 11 is 0. The van der Waals surface area contributed by atoms with Gasteiger partial charge in [0, 0.05) is 54.3 Å². The number of amides is 3. The van der Waals surface area contributed by atoms with E-state index in [1.165, 1.54) is 0 Å². The number of aromatic nitrogens is 2. The maximum Gasteiger partial charge on any atom is 0.322 e. The number of urea groups is 1. The van der Waals surface area contributed by atoms with E-state index in [2.05, 4.69) is 22.2 Å². The Balaban J connectivity index is 1.42. The first-order valence-corrected chi connectivity index (χ1v) is 13.8. The fourth-order valence-electron chi connectivity index (χ4n) is 5.10. The van der Waals surface area contributed by atoms with E-state index in [0.29, 0.717) is 55.0 Å². The van der Waals surface area contributed by atoms with Crippen molar-refractivity contribution >= 4 is 23.6 Å². The zero-order valence-electron chi connectivity index (χ0n) is 23.5. The number of allylic oxidation sites excluding steroid dienone is 2. The number of ether oxygens (including phenoxy) is 2. The summed E-state index contributed by atoms with van der Waals surface area (Å²) in [6.07, 6.45) is 7.77. The molecule has 0 aliphatic carbocycles. The van der Waals surface area contributed by atoms with Crippen LogP contribution in [0.4, 0.5) is 16.4 Å². The van der Waals surface area contributed by atoms with Crippen LogP contribution < -0.4 is 20.3 Å². The molecule has 1 aromatic heterocycles. The molecule has 0 bridgehead atoms. The third-order valence-electron chi connectivity index (χ3n) is 7.16. The van der Waals surface area contributed by atoms with Crippen molar-refractivity contribution in [3.63, 3.8) is 0 Å². The second-order valence-corrected chi connectivity index (χ2v) is 10.5. The molecule has 3 aliphatic rings. The van der Waals surface area contributed by atoms with Crippen molar-refractivity contribution in [2.24, 2.45) is 0 Å². The van der Waals surface area contributed by atoms with Crippen LogP contribution in [0.15, 0.2) is 60.3 Å². The highest BCUT2D eigenvalue weighted by Gasteiger charge is 2.36. The molecular formula is C30H36N6O4. The molecule has 4 heterocycles. The Kier molecular flexibility index (Phi) is 7.51. The van der Waals surface area contributed by atoms with E-state index in [9.17, 15) is 9.59 Å². The molecule has 0 atom stereocenters. The maximum absolute atomic E-state index is 12.8. The quantitative estimate of drug-likeness (QED) is 0.523. The van der Waals surface area contributed by atoms with Crippen molar-refractivity contribution in [3.8, 4) is 16.9 Å². The predicted octanol–water partition coefficient (Wildman–Crippen LogP) is 5.06. The average Bonchev–Trinajstić information content (AvgIpc) is 3.37. The molecule has 2 aromatic rings.